The van der Waals surface area contributed by atoms with Crippen molar-refractivity contribution in [1.29, 1.82) is 0 Å². The van der Waals surface area contributed by atoms with Crippen LogP contribution in [-0.4, -0.2) is 25.4 Å². The lowest BCUT2D eigenvalue weighted by molar-refractivity contribution is 0.196. The van der Waals surface area contributed by atoms with Crippen LogP contribution in [0, 0.1) is 0 Å². The second-order valence-electron chi connectivity index (χ2n) is 2.58. The largest absolute Gasteiger partial charge is 0.396 e. The fourth-order valence-electron chi connectivity index (χ4n) is 0.608. The van der Waals surface area contributed by atoms with Gasteiger partial charge in [-0.05, 0) is 25.7 Å². The van der Waals surface area contributed by atoms with Crippen LogP contribution in [-0.2, 0) is 4.74 Å². The zero-order chi connectivity index (χ0) is 12.4. The number of hydrogen-bond donors (Lipinski definition) is 1. The summed E-state index contributed by atoms with van der Waals surface area (Å²) >= 11 is 0. The normalized spacial score (nSPS) is 7.73. The topological polar surface area (TPSA) is 29.5 Å². The summed E-state index contributed by atoms with van der Waals surface area (Å²) in [7, 11) is 1.71. The first-order chi connectivity index (χ1) is 7.33. The van der Waals surface area contributed by atoms with Gasteiger partial charge in [0.1, 0.15) is 0 Å². The summed E-state index contributed by atoms with van der Waals surface area (Å²) in [4.78, 5) is 0. The van der Waals surface area contributed by atoms with Crippen LogP contribution in [0.25, 0.3) is 0 Å². The maximum absolute atomic E-state index is 8.15. The van der Waals surface area contributed by atoms with Crippen molar-refractivity contribution in [3.8, 4) is 0 Å². The predicted molar refractivity (Wildman–Crippen MR) is 69.2 cm³/mol. The maximum Gasteiger partial charge on any atom is 0.0465 e. The molecule has 0 radical (unpaired) electrons. The number of aliphatic hydroxyl groups is 1. The second-order valence-corrected chi connectivity index (χ2v) is 2.58. The minimum Gasteiger partial charge on any atom is -0.396 e. The summed E-state index contributed by atoms with van der Waals surface area (Å²) < 4.78 is 4.80. The number of rotatable bonds is 7. The van der Waals surface area contributed by atoms with Crippen molar-refractivity contribution in [2.75, 3.05) is 20.3 Å². The van der Waals surface area contributed by atoms with E-state index in [9.17, 15) is 0 Å². The standard InChI is InChI=1S/C6H12O.C5H10O.C2H6/c1-3-4-5-6-7-2;1-2-3-4-5-6;1-2/h3H,1,4-6H2,2H3;2,6H,1,3-5H2;1-2H3. The molecule has 0 bridgehead atoms. The third-order valence-electron chi connectivity index (χ3n) is 1.32. The highest BCUT2D eigenvalue weighted by atomic mass is 16.5. The van der Waals surface area contributed by atoms with Gasteiger partial charge in [0.15, 0.2) is 0 Å². The summed E-state index contributed by atoms with van der Waals surface area (Å²) in [6.45, 7) is 12.2. The van der Waals surface area contributed by atoms with Crippen LogP contribution in [0.5, 0.6) is 0 Å². The quantitative estimate of drug-likeness (QED) is 0.521. The molecule has 0 aromatic heterocycles. The van der Waals surface area contributed by atoms with E-state index in [1.807, 2.05) is 19.9 Å². The molecule has 0 aromatic carbocycles. The highest BCUT2D eigenvalue weighted by Crippen LogP contribution is 1.87. The van der Waals surface area contributed by atoms with Gasteiger partial charge in [-0.1, -0.05) is 26.0 Å². The molecule has 0 rings (SSSR count). The molecule has 0 fully saturated rings. The van der Waals surface area contributed by atoms with Gasteiger partial charge in [0.2, 0.25) is 0 Å². The van der Waals surface area contributed by atoms with Gasteiger partial charge in [-0.25, -0.2) is 0 Å². The Morgan fingerprint density at radius 3 is 1.80 bits per heavy atom. The Kier molecular flexibility index (Phi) is 38.7. The van der Waals surface area contributed by atoms with Crippen LogP contribution in [0.1, 0.15) is 39.5 Å². The average molecular weight is 216 g/mol. The highest BCUT2D eigenvalue weighted by Gasteiger charge is 1.77. The van der Waals surface area contributed by atoms with E-state index < -0.39 is 0 Å². The summed E-state index contributed by atoms with van der Waals surface area (Å²) in [5.74, 6) is 0. The molecule has 0 saturated heterocycles. The molecule has 0 atom stereocenters. The minimum absolute atomic E-state index is 0.284. The molecule has 0 unspecified atom stereocenters. The van der Waals surface area contributed by atoms with E-state index in [2.05, 4.69) is 13.2 Å². The Bertz CT molecular complexity index is 101. The molecule has 2 nitrogen and oxygen atoms in total. The van der Waals surface area contributed by atoms with Crippen molar-refractivity contribution in [3.63, 3.8) is 0 Å². The molecule has 15 heavy (non-hydrogen) atoms. The van der Waals surface area contributed by atoms with Gasteiger partial charge in [0.25, 0.3) is 0 Å². The van der Waals surface area contributed by atoms with E-state index >= 15 is 0 Å². The fourth-order valence-corrected chi connectivity index (χ4v) is 0.608. The Labute approximate surface area is 95.7 Å². The van der Waals surface area contributed by atoms with Gasteiger partial charge >= 0.3 is 0 Å². The zero-order valence-electron chi connectivity index (χ0n) is 10.7. The van der Waals surface area contributed by atoms with Gasteiger partial charge in [-0.15, -0.1) is 13.2 Å². The van der Waals surface area contributed by atoms with E-state index in [0.29, 0.717) is 0 Å². The molecule has 0 aliphatic carbocycles. The molecular formula is C13H28O2. The van der Waals surface area contributed by atoms with Crippen molar-refractivity contribution >= 4 is 0 Å². The molecule has 2 heteroatoms. The van der Waals surface area contributed by atoms with Crippen LogP contribution in [0.15, 0.2) is 25.3 Å². The number of allylic oxidation sites excluding steroid dienone is 2. The molecule has 0 spiro atoms. The molecule has 92 valence electrons. The Hall–Kier alpha value is -0.600. The molecule has 0 amide bonds. The monoisotopic (exact) mass is 216 g/mol. The highest BCUT2D eigenvalue weighted by molar-refractivity contribution is 4.64. The SMILES string of the molecule is C=CCCCO.C=CCCCOC.CC. The number of hydrogen-bond acceptors (Lipinski definition) is 2. The van der Waals surface area contributed by atoms with Gasteiger partial charge in [0, 0.05) is 20.3 Å². The zero-order valence-corrected chi connectivity index (χ0v) is 10.7. The lowest BCUT2D eigenvalue weighted by Gasteiger charge is -1.90. The fraction of sp³-hybridized carbons (Fsp3) is 0.692. The van der Waals surface area contributed by atoms with Crippen LogP contribution in [0.2, 0.25) is 0 Å². The Morgan fingerprint density at radius 2 is 1.53 bits per heavy atom. The summed E-state index contributed by atoms with van der Waals surface area (Å²) in [6, 6.07) is 0. The van der Waals surface area contributed by atoms with Crippen molar-refractivity contribution in [2.24, 2.45) is 0 Å². The van der Waals surface area contributed by atoms with Crippen LogP contribution in [0.3, 0.4) is 0 Å². The Balaban J connectivity index is -0.000000166. The average Bonchev–Trinajstić information content (AvgIpc) is 2.31. The Morgan fingerprint density at radius 1 is 1.07 bits per heavy atom. The van der Waals surface area contributed by atoms with E-state index in [1.165, 1.54) is 0 Å². The molecule has 0 saturated carbocycles. The third-order valence-corrected chi connectivity index (χ3v) is 1.32. The maximum atomic E-state index is 8.15. The van der Waals surface area contributed by atoms with Crippen LogP contribution < -0.4 is 0 Å². The smallest absolute Gasteiger partial charge is 0.0465 e. The minimum atomic E-state index is 0.284. The molecular weight excluding hydrogens is 188 g/mol. The number of aliphatic hydroxyl groups excluding tert-OH is 1. The first-order valence-corrected chi connectivity index (χ1v) is 5.65. The summed E-state index contributed by atoms with van der Waals surface area (Å²) in [6.07, 6.45) is 7.64. The van der Waals surface area contributed by atoms with E-state index in [1.54, 1.807) is 13.2 Å². The van der Waals surface area contributed by atoms with Crippen molar-refractivity contribution < 1.29 is 9.84 Å². The second kappa shape index (κ2) is 29.2. The van der Waals surface area contributed by atoms with Gasteiger partial charge in [-0.2, -0.15) is 0 Å². The molecule has 0 aliphatic rings. The summed E-state index contributed by atoms with van der Waals surface area (Å²) in [5, 5.41) is 8.15. The predicted octanol–water partition coefficient (Wildman–Crippen LogP) is 3.57. The summed E-state index contributed by atoms with van der Waals surface area (Å²) in [5.41, 5.74) is 0. The third kappa shape index (κ3) is 42.5. The number of methoxy groups -OCH3 is 1. The first kappa shape index (κ1) is 19.9. The van der Waals surface area contributed by atoms with Gasteiger partial charge in [0.05, 0.1) is 0 Å². The lowest BCUT2D eigenvalue weighted by atomic mass is 10.3. The van der Waals surface area contributed by atoms with Crippen molar-refractivity contribution in [3.05, 3.63) is 25.3 Å². The van der Waals surface area contributed by atoms with Crippen LogP contribution >= 0.6 is 0 Å². The van der Waals surface area contributed by atoms with Crippen molar-refractivity contribution in [1.82, 2.24) is 0 Å². The van der Waals surface area contributed by atoms with E-state index in [4.69, 9.17) is 9.84 Å². The van der Waals surface area contributed by atoms with Crippen LogP contribution in [0.4, 0.5) is 0 Å². The molecule has 1 N–H and O–H groups in total. The number of unbranched alkanes of at least 4 members (excludes halogenated alkanes) is 2. The van der Waals surface area contributed by atoms with Gasteiger partial charge < -0.3 is 9.84 Å². The molecule has 0 heterocycles. The van der Waals surface area contributed by atoms with E-state index in [0.717, 1.165) is 32.3 Å². The van der Waals surface area contributed by atoms with Crippen molar-refractivity contribution in [2.45, 2.75) is 39.5 Å². The molecule has 0 aromatic rings. The number of ether oxygens (including phenoxy) is 1. The molecule has 0 aliphatic heterocycles. The van der Waals surface area contributed by atoms with E-state index in [-0.39, 0.29) is 6.61 Å². The first-order valence-electron chi connectivity index (χ1n) is 5.65. The van der Waals surface area contributed by atoms with Gasteiger partial charge in [-0.3, -0.25) is 0 Å². The lowest BCUT2D eigenvalue weighted by Crippen LogP contribution is -1.84.